The fourth-order valence-electron chi connectivity index (χ4n) is 2.55. The molecule has 5 heteroatoms. The maximum Gasteiger partial charge on any atom is 0.276 e. The third-order valence-corrected chi connectivity index (χ3v) is 4.58. The second kappa shape index (κ2) is 5.44. The van der Waals surface area contributed by atoms with Crippen LogP contribution in [-0.2, 0) is 0 Å². The molecule has 0 atom stereocenters. The second-order valence-electron chi connectivity index (χ2n) is 5.34. The molecule has 0 saturated carbocycles. The molecule has 2 aromatic carbocycles. The van der Waals surface area contributed by atoms with Gasteiger partial charge in [-0.15, -0.1) is 10.2 Å². The predicted molar refractivity (Wildman–Crippen MR) is 92.5 cm³/mol. The van der Waals surface area contributed by atoms with Crippen LogP contribution in [0, 0.1) is 6.92 Å². The van der Waals surface area contributed by atoms with E-state index in [1.807, 2.05) is 61.5 Å². The summed E-state index contributed by atoms with van der Waals surface area (Å²) < 4.78 is 2.25. The minimum Gasteiger partial charge on any atom is -0.267 e. The lowest BCUT2D eigenvalue weighted by Crippen LogP contribution is -2.23. The first kappa shape index (κ1) is 13.8. The largest absolute Gasteiger partial charge is 0.276 e. The molecule has 0 fully saturated rings. The van der Waals surface area contributed by atoms with Crippen molar-refractivity contribution in [2.45, 2.75) is 6.92 Å². The van der Waals surface area contributed by atoms with E-state index in [0.29, 0.717) is 15.3 Å². The van der Waals surface area contributed by atoms with E-state index < -0.39 is 0 Å². The minimum absolute atomic E-state index is 0.0737. The Morgan fingerprint density at radius 1 is 1.04 bits per heavy atom. The van der Waals surface area contributed by atoms with E-state index >= 15 is 0 Å². The topological polar surface area (TPSA) is 47.3 Å². The predicted octanol–water partition coefficient (Wildman–Crippen LogP) is 2.67. The Kier molecular flexibility index (Phi) is 3.28. The Labute approximate surface area is 136 Å². The van der Waals surface area contributed by atoms with Crippen molar-refractivity contribution >= 4 is 22.4 Å². The van der Waals surface area contributed by atoms with Crippen LogP contribution in [0.1, 0.15) is 11.1 Å². The molecule has 4 nitrogen and oxygen atoms in total. The van der Waals surface area contributed by atoms with Gasteiger partial charge in [0.1, 0.15) is 0 Å². The maximum absolute atomic E-state index is 12.7. The van der Waals surface area contributed by atoms with Crippen molar-refractivity contribution in [1.82, 2.24) is 14.6 Å². The van der Waals surface area contributed by atoms with E-state index in [9.17, 15) is 4.79 Å². The summed E-state index contributed by atoms with van der Waals surface area (Å²) in [5.41, 5.74) is 2.99. The van der Waals surface area contributed by atoms with Gasteiger partial charge in [0.05, 0.1) is 4.53 Å². The highest BCUT2D eigenvalue weighted by atomic mass is 32.1. The van der Waals surface area contributed by atoms with Gasteiger partial charge in [0, 0.05) is 5.56 Å². The molecular formula is C18H13N3OS. The van der Waals surface area contributed by atoms with Crippen molar-refractivity contribution in [2.24, 2.45) is 0 Å². The van der Waals surface area contributed by atoms with Crippen LogP contribution >= 0.6 is 11.3 Å². The number of thiazole rings is 1. The zero-order valence-corrected chi connectivity index (χ0v) is 13.2. The first-order chi connectivity index (χ1) is 11.2. The van der Waals surface area contributed by atoms with E-state index in [4.69, 9.17) is 0 Å². The van der Waals surface area contributed by atoms with Gasteiger partial charge >= 0.3 is 0 Å². The molecule has 4 rings (SSSR count). The van der Waals surface area contributed by atoms with Gasteiger partial charge in [0.25, 0.3) is 5.56 Å². The monoisotopic (exact) mass is 319 g/mol. The lowest BCUT2D eigenvalue weighted by molar-refractivity contribution is 1.09. The number of hydrogen-bond acceptors (Lipinski definition) is 4. The van der Waals surface area contributed by atoms with E-state index in [1.165, 1.54) is 16.9 Å². The fraction of sp³-hybridized carbons (Fsp3) is 0.0556. The van der Waals surface area contributed by atoms with Crippen LogP contribution in [0.25, 0.3) is 22.4 Å². The summed E-state index contributed by atoms with van der Waals surface area (Å²) >= 11 is 1.36. The number of fused-ring (bicyclic) bond motifs is 1. The van der Waals surface area contributed by atoms with Crippen LogP contribution in [0.15, 0.2) is 59.4 Å². The number of hydrogen-bond donors (Lipinski definition) is 0. The molecule has 0 bridgehead atoms. The Bertz CT molecular complexity index is 1100. The van der Waals surface area contributed by atoms with Crippen molar-refractivity contribution < 1.29 is 0 Å². The number of rotatable bonds is 2. The summed E-state index contributed by atoms with van der Waals surface area (Å²) in [4.78, 5) is 13.4. The third kappa shape index (κ3) is 2.45. The first-order valence-corrected chi connectivity index (χ1v) is 8.06. The van der Waals surface area contributed by atoms with Crippen LogP contribution in [0.2, 0.25) is 0 Å². The summed E-state index contributed by atoms with van der Waals surface area (Å²) in [6.45, 7) is 2.04. The molecule has 112 valence electrons. The van der Waals surface area contributed by atoms with E-state index in [1.54, 1.807) is 4.40 Å². The number of benzene rings is 2. The van der Waals surface area contributed by atoms with Gasteiger partial charge < -0.3 is 0 Å². The molecule has 2 aromatic heterocycles. The Hall–Kier alpha value is -2.79. The van der Waals surface area contributed by atoms with Crippen LogP contribution < -0.4 is 10.1 Å². The highest BCUT2D eigenvalue weighted by Gasteiger charge is 2.13. The van der Waals surface area contributed by atoms with E-state index in [2.05, 4.69) is 16.3 Å². The van der Waals surface area contributed by atoms with Crippen molar-refractivity contribution in [3.8, 4) is 11.4 Å². The highest BCUT2D eigenvalue weighted by Crippen LogP contribution is 2.17. The van der Waals surface area contributed by atoms with Gasteiger partial charge in [-0.25, -0.2) is 4.40 Å². The Balaban J connectivity index is 1.93. The Morgan fingerprint density at radius 3 is 2.65 bits per heavy atom. The van der Waals surface area contributed by atoms with E-state index in [-0.39, 0.29) is 5.56 Å². The van der Waals surface area contributed by atoms with Gasteiger partial charge in [-0.2, -0.15) is 0 Å². The van der Waals surface area contributed by atoms with Crippen molar-refractivity contribution in [1.29, 1.82) is 0 Å². The maximum atomic E-state index is 12.7. The van der Waals surface area contributed by atoms with Gasteiger partial charge in [0.15, 0.2) is 5.82 Å². The molecule has 0 amide bonds. The molecule has 0 N–H and O–H groups in total. The van der Waals surface area contributed by atoms with Crippen molar-refractivity contribution in [2.75, 3.05) is 0 Å². The fourth-order valence-corrected chi connectivity index (χ4v) is 3.46. The third-order valence-electron chi connectivity index (χ3n) is 3.62. The van der Waals surface area contributed by atoms with Crippen LogP contribution in [0.4, 0.5) is 0 Å². The lowest BCUT2D eigenvalue weighted by Gasteiger charge is -1.95. The average molecular weight is 319 g/mol. The molecule has 0 aliphatic rings. The van der Waals surface area contributed by atoms with Gasteiger partial charge in [0.2, 0.25) is 4.96 Å². The molecule has 4 aromatic rings. The zero-order chi connectivity index (χ0) is 15.8. The normalized spacial score (nSPS) is 12.1. The highest BCUT2D eigenvalue weighted by molar-refractivity contribution is 7.15. The van der Waals surface area contributed by atoms with Gasteiger partial charge in [-0.1, -0.05) is 71.5 Å². The summed E-state index contributed by atoms with van der Waals surface area (Å²) in [5.74, 6) is 0.589. The van der Waals surface area contributed by atoms with Crippen molar-refractivity contribution in [3.05, 3.63) is 80.6 Å². The Morgan fingerprint density at radius 2 is 1.87 bits per heavy atom. The van der Waals surface area contributed by atoms with Crippen LogP contribution in [-0.4, -0.2) is 14.6 Å². The average Bonchev–Trinajstić information content (AvgIpc) is 3.10. The van der Waals surface area contributed by atoms with Crippen LogP contribution in [0.3, 0.4) is 0 Å². The summed E-state index contributed by atoms with van der Waals surface area (Å²) in [6, 6.07) is 17.7. The number of aryl methyl sites for hydroxylation is 1. The van der Waals surface area contributed by atoms with Gasteiger partial charge in [-0.05, 0) is 18.6 Å². The van der Waals surface area contributed by atoms with Gasteiger partial charge in [-0.3, -0.25) is 4.79 Å². The summed E-state index contributed by atoms with van der Waals surface area (Å²) in [5, 5.41) is 8.31. The van der Waals surface area contributed by atoms with Crippen molar-refractivity contribution in [3.63, 3.8) is 0 Å². The number of nitrogens with zero attached hydrogens (tertiary/aromatic N) is 3. The SMILES string of the molecule is Cc1cccc(/C=c2\sc3nnc(-c4ccccc4)n3c2=O)c1. The molecule has 0 aliphatic heterocycles. The smallest absolute Gasteiger partial charge is 0.267 e. The van der Waals surface area contributed by atoms with E-state index in [0.717, 1.165) is 11.1 Å². The molecule has 23 heavy (non-hydrogen) atoms. The molecule has 0 saturated heterocycles. The van der Waals surface area contributed by atoms with Crippen LogP contribution in [0.5, 0.6) is 0 Å². The molecule has 0 aliphatic carbocycles. The quantitative estimate of drug-likeness (QED) is 0.571. The molecule has 2 heterocycles. The minimum atomic E-state index is -0.0737. The second-order valence-corrected chi connectivity index (χ2v) is 6.35. The lowest BCUT2D eigenvalue weighted by atomic mass is 10.1. The molecular weight excluding hydrogens is 306 g/mol. The molecule has 0 spiro atoms. The molecule has 0 radical (unpaired) electrons. The summed E-state index contributed by atoms with van der Waals surface area (Å²) in [6.07, 6.45) is 1.91. The molecule has 0 unspecified atom stereocenters. The standard InChI is InChI=1S/C18H13N3OS/c1-12-6-5-7-13(10-12)11-15-17(22)21-16(19-20-18(21)23-15)14-8-3-2-4-9-14/h2-11H,1H3/b15-11-. The number of aromatic nitrogens is 3. The zero-order valence-electron chi connectivity index (χ0n) is 12.4. The summed E-state index contributed by atoms with van der Waals surface area (Å²) in [7, 11) is 0. The first-order valence-electron chi connectivity index (χ1n) is 7.24.